The quantitative estimate of drug-likeness (QED) is 0.591. The maximum Gasteiger partial charge on any atom is 0.252 e. The van der Waals surface area contributed by atoms with Crippen LogP contribution in [0.5, 0.6) is 0 Å². The van der Waals surface area contributed by atoms with Gasteiger partial charge in [-0.05, 0) is 73.7 Å². The van der Waals surface area contributed by atoms with Gasteiger partial charge in [-0.2, -0.15) is 4.31 Å². The van der Waals surface area contributed by atoms with Crippen molar-refractivity contribution in [2.45, 2.75) is 30.9 Å². The summed E-state index contributed by atoms with van der Waals surface area (Å²) in [5.74, 6) is -0.0556. The lowest BCUT2D eigenvalue weighted by molar-refractivity contribution is 0.243. The standard InChI is InChI=1S/C25H28FN3O3S2/c1-16-3-10-24(33-16)34(31,32)28(11-12-30)15-19-5-4-18-13-23-22(17(2)25(18)19)14-27-29(23)21-8-6-20(26)7-9-21/h3,6-10,13-14,17,19,27,30H,4-5,11-12,15H2,1-2H3/t17-,19+/m0/s1. The highest BCUT2D eigenvalue weighted by Gasteiger charge is 2.40. The fourth-order valence-electron chi connectivity index (χ4n) is 5.25. The molecule has 34 heavy (non-hydrogen) atoms. The largest absolute Gasteiger partial charge is 0.395 e. The summed E-state index contributed by atoms with van der Waals surface area (Å²) in [6.07, 6.45) is 5.91. The molecule has 0 spiro atoms. The smallest absolute Gasteiger partial charge is 0.252 e. The zero-order chi connectivity index (χ0) is 24.0. The molecule has 2 aromatic rings. The van der Waals surface area contributed by atoms with Crippen LogP contribution in [-0.4, -0.2) is 37.5 Å². The Balaban J connectivity index is 1.43. The van der Waals surface area contributed by atoms with Gasteiger partial charge >= 0.3 is 0 Å². The lowest BCUT2D eigenvalue weighted by Gasteiger charge is -2.31. The summed E-state index contributed by atoms with van der Waals surface area (Å²) in [5.41, 5.74) is 8.86. The second-order valence-corrected chi connectivity index (χ2v) is 12.4. The molecule has 1 aromatic carbocycles. The molecule has 0 unspecified atom stereocenters. The number of aryl methyl sites for hydroxylation is 1. The fraction of sp³-hybridized carbons (Fsp3) is 0.360. The predicted molar refractivity (Wildman–Crippen MR) is 132 cm³/mol. The molecule has 0 radical (unpaired) electrons. The second-order valence-electron chi connectivity index (χ2n) is 8.96. The van der Waals surface area contributed by atoms with Crippen molar-refractivity contribution in [3.63, 3.8) is 0 Å². The van der Waals surface area contributed by atoms with Crippen LogP contribution in [0, 0.1) is 24.6 Å². The van der Waals surface area contributed by atoms with Gasteiger partial charge in [0, 0.05) is 35.7 Å². The third-order valence-corrected chi connectivity index (χ3v) is 10.2. The van der Waals surface area contributed by atoms with Gasteiger partial charge < -0.3 is 10.5 Å². The van der Waals surface area contributed by atoms with Crippen LogP contribution in [0.2, 0.25) is 0 Å². The minimum Gasteiger partial charge on any atom is -0.395 e. The summed E-state index contributed by atoms with van der Waals surface area (Å²) in [7, 11) is -3.66. The number of allylic oxidation sites excluding steroid dienone is 3. The Labute approximate surface area is 203 Å². The van der Waals surface area contributed by atoms with Crippen LogP contribution in [0.4, 0.5) is 10.1 Å². The van der Waals surface area contributed by atoms with Crippen LogP contribution in [0.15, 0.2) is 75.3 Å². The van der Waals surface area contributed by atoms with Crippen molar-refractivity contribution in [1.82, 2.24) is 9.73 Å². The molecule has 0 fully saturated rings. The first-order chi connectivity index (χ1) is 16.3. The summed E-state index contributed by atoms with van der Waals surface area (Å²) in [6, 6.07) is 9.85. The van der Waals surface area contributed by atoms with E-state index in [9.17, 15) is 17.9 Å². The van der Waals surface area contributed by atoms with Crippen molar-refractivity contribution >= 4 is 27.0 Å². The molecular formula is C25H28FN3O3S2. The van der Waals surface area contributed by atoms with Gasteiger partial charge in [0.2, 0.25) is 0 Å². The highest BCUT2D eigenvalue weighted by atomic mass is 32.2. The van der Waals surface area contributed by atoms with Crippen LogP contribution in [-0.2, 0) is 10.0 Å². The molecule has 0 saturated carbocycles. The van der Waals surface area contributed by atoms with Crippen molar-refractivity contribution in [3.05, 3.63) is 81.8 Å². The number of halogens is 1. The third kappa shape index (κ3) is 4.00. The van der Waals surface area contributed by atoms with E-state index in [4.69, 9.17) is 0 Å². The first-order valence-corrected chi connectivity index (χ1v) is 13.7. The van der Waals surface area contributed by atoms with Crippen LogP contribution in [0.3, 0.4) is 0 Å². The molecule has 1 aliphatic heterocycles. The lowest BCUT2D eigenvalue weighted by atomic mass is 9.80. The molecule has 6 nitrogen and oxygen atoms in total. The Bertz CT molecular complexity index is 1290. The number of hydrogen-bond acceptors (Lipinski definition) is 6. The number of thiophene rings is 1. The maximum atomic E-state index is 13.4. The molecule has 0 saturated heterocycles. The van der Waals surface area contributed by atoms with E-state index in [-0.39, 0.29) is 30.8 Å². The Kier molecular flexibility index (Phi) is 6.14. The fourth-order valence-corrected chi connectivity index (χ4v) is 8.17. The van der Waals surface area contributed by atoms with E-state index < -0.39 is 10.0 Å². The van der Waals surface area contributed by atoms with Gasteiger partial charge in [0.05, 0.1) is 18.0 Å². The minimum absolute atomic E-state index is 0.0798. The van der Waals surface area contributed by atoms with Crippen molar-refractivity contribution < 1.29 is 17.9 Å². The summed E-state index contributed by atoms with van der Waals surface area (Å²) >= 11 is 1.26. The van der Waals surface area contributed by atoms with E-state index in [0.29, 0.717) is 10.8 Å². The van der Waals surface area contributed by atoms with Crippen LogP contribution >= 0.6 is 11.3 Å². The van der Waals surface area contributed by atoms with E-state index in [1.165, 1.54) is 38.9 Å². The molecule has 9 heteroatoms. The van der Waals surface area contributed by atoms with Crippen molar-refractivity contribution in [3.8, 4) is 0 Å². The van der Waals surface area contributed by atoms with Crippen LogP contribution in [0.25, 0.3) is 0 Å². The average molecular weight is 502 g/mol. The first kappa shape index (κ1) is 23.3. The third-order valence-electron chi connectivity index (χ3n) is 6.87. The van der Waals surface area contributed by atoms with Crippen LogP contribution in [0.1, 0.15) is 24.6 Å². The van der Waals surface area contributed by atoms with E-state index in [1.54, 1.807) is 18.2 Å². The highest BCUT2D eigenvalue weighted by molar-refractivity contribution is 7.91. The first-order valence-electron chi connectivity index (χ1n) is 11.4. The second kappa shape index (κ2) is 8.96. The summed E-state index contributed by atoms with van der Waals surface area (Å²) in [4.78, 5) is 0.943. The van der Waals surface area contributed by atoms with Gasteiger partial charge in [0.15, 0.2) is 0 Å². The molecule has 2 atom stereocenters. The number of nitrogens with zero attached hydrogens (tertiary/aromatic N) is 2. The predicted octanol–water partition coefficient (Wildman–Crippen LogP) is 4.33. The number of nitrogens with one attached hydrogen (secondary N) is 1. The zero-order valence-electron chi connectivity index (χ0n) is 19.2. The average Bonchev–Trinajstić information content (AvgIpc) is 3.53. The molecular weight excluding hydrogens is 473 g/mol. The van der Waals surface area contributed by atoms with Crippen molar-refractivity contribution in [1.29, 1.82) is 0 Å². The van der Waals surface area contributed by atoms with E-state index >= 15 is 0 Å². The molecule has 3 aliphatic rings. The summed E-state index contributed by atoms with van der Waals surface area (Å²) in [6.45, 7) is 4.27. The number of anilines is 1. The Morgan fingerprint density at radius 3 is 2.68 bits per heavy atom. The molecule has 180 valence electrons. The highest BCUT2D eigenvalue weighted by Crippen LogP contribution is 2.48. The van der Waals surface area contributed by atoms with E-state index in [2.05, 4.69) is 18.4 Å². The SMILES string of the molecule is Cc1ccc(S(=O)(=O)N(CCO)C[C@H]2CCC3=C2[C@@H](C)C2=CNN(c4ccc(F)cc4)C2=C3)s1. The Morgan fingerprint density at radius 2 is 2.00 bits per heavy atom. The van der Waals surface area contributed by atoms with Gasteiger partial charge in [-0.25, -0.2) is 12.8 Å². The number of benzene rings is 1. The molecule has 0 bridgehead atoms. The molecule has 2 N–H and O–H groups in total. The zero-order valence-corrected chi connectivity index (χ0v) is 20.8. The van der Waals surface area contributed by atoms with Gasteiger partial charge in [-0.15, -0.1) is 11.3 Å². The topological polar surface area (TPSA) is 72.9 Å². The van der Waals surface area contributed by atoms with Gasteiger partial charge in [0.25, 0.3) is 10.0 Å². The minimum atomic E-state index is -3.66. The lowest BCUT2D eigenvalue weighted by Crippen LogP contribution is -2.38. The monoisotopic (exact) mass is 501 g/mol. The molecule has 0 amide bonds. The maximum absolute atomic E-state index is 13.4. The molecule has 1 aromatic heterocycles. The summed E-state index contributed by atoms with van der Waals surface area (Å²) in [5, 5.41) is 11.6. The number of hydrazine groups is 1. The number of aliphatic hydroxyl groups excluding tert-OH is 1. The van der Waals surface area contributed by atoms with Crippen LogP contribution < -0.4 is 10.4 Å². The van der Waals surface area contributed by atoms with Crippen molar-refractivity contribution in [2.24, 2.45) is 11.8 Å². The Hall–Kier alpha value is -2.46. The number of rotatable bonds is 7. The number of sulfonamides is 1. The van der Waals surface area contributed by atoms with E-state index in [1.807, 2.05) is 24.2 Å². The summed E-state index contributed by atoms with van der Waals surface area (Å²) < 4.78 is 41.8. The van der Waals surface area contributed by atoms with Gasteiger partial charge in [-0.3, -0.25) is 5.01 Å². The van der Waals surface area contributed by atoms with E-state index in [0.717, 1.165) is 34.7 Å². The van der Waals surface area contributed by atoms with Crippen molar-refractivity contribution in [2.75, 3.05) is 24.7 Å². The number of fused-ring (bicyclic) bond motifs is 1. The Morgan fingerprint density at radius 1 is 1.24 bits per heavy atom. The van der Waals surface area contributed by atoms with Gasteiger partial charge in [0.1, 0.15) is 10.0 Å². The molecule has 2 heterocycles. The number of aliphatic hydroxyl groups is 1. The normalized spacial score (nSPS) is 22.0. The van der Waals surface area contributed by atoms with Gasteiger partial charge in [-0.1, -0.05) is 12.5 Å². The molecule has 2 aliphatic carbocycles. The molecule has 5 rings (SSSR count). The number of hydrogen-bond donors (Lipinski definition) is 2.